The summed E-state index contributed by atoms with van der Waals surface area (Å²) in [6, 6.07) is 5.94. The molecule has 3 N–H and O–H groups in total. The molecule has 1 aliphatic rings. The number of hydrogen-bond donors (Lipinski definition) is 1. The van der Waals surface area contributed by atoms with Crippen molar-refractivity contribution in [3.05, 3.63) is 47.2 Å². The summed E-state index contributed by atoms with van der Waals surface area (Å²) in [4.78, 5) is 11.2. The van der Waals surface area contributed by atoms with Crippen molar-refractivity contribution in [2.75, 3.05) is 34.0 Å². The molecule has 0 fully saturated rings. The van der Waals surface area contributed by atoms with E-state index in [2.05, 4.69) is 25.4 Å². The lowest BCUT2D eigenvalue weighted by Gasteiger charge is -2.12. The van der Waals surface area contributed by atoms with Crippen LogP contribution in [0.1, 0.15) is 19.4 Å². The molecule has 0 unspecified atom stereocenters. The molecule has 1 aromatic carbocycles. The van der Waals surface area contributed by atoms with Gasteiger partial charge in [0.2, 0.25) is 0 Å². The molecule has 154 valence electrons. The SMILES string of the molecule is CCOC(=O)C1=C/C(=C(/[O-])OCC)N=N1.COc1ccc(CC[NH3+])cc1OC. The van der Waals surface area contributed by atoms with Crippen molar-refractivity contribution in [1.29, 1.82) is 0 Å². The van der Waals surface area contributed by atoms with E-state index in [0.29, 0.717) is 0 Å². The van der Waals surface area contributed by atoms with Crippen molar-refractivity contribution in [1.82, 2.24) is 0 Å². The summed E-state index contributed by atoms with van der Waals surface area (Å²) < 4.78 is 19.7. The van der Waals surface area contributed by atoms with E-state index in [-0.39, 0.29) is 24.6 Å². The number of carbonyl (C=O) groups excluding carboxylic acids is 1. The average Bonchev–Trinajstić information content (AvgIpc) is 3.19. The van der Waals surface area contributed by atoms with Gasteiger partial charge < -0.3 is 29.8 Å². The standard InChI is InChI=1S/C10H15NO2.C9H12N2O4/c1-12-9-4-3-8(5-6-11)7-10(9)13-2;1-3-14-8(12)6-5-7(11-10-6)9(13)15-4-2/h3-4,7H,5-6,11H2,1-2H3;5,12H,3-4H2,1-2H3/b;8-6+. The van der Waals surface area contributed by atoms with Gasteiger partial charge in [0.05, 0.1) is 33.3 Å². The zero-order valence-electron chi connectivity index (χ0n) is 16.7. The van der Waals surface area contributed by atoms with Crippen molar-refractivity contribution in [2.45, 2.75) is 20.3 Å². The fraction of sp³-hybridized carbons (Fsp3) is 0.421. The topological polar surface area (TPSA) is 129 Å². The second-order valence-corrected chi connectivity index (χ2v) is 5.35. The van der Waals surface area contributed by atoms with Crippen LogP contribution in [0.3, 0.4) is 0 Å². The minimum atomic E-state index is -0.597. The minimum Gasteiger partial charge on any atom is -0.612 e. The zero-order chi connectivity index (χ0) is 20.9. The van der Waals surface area contributed by atoms with Crippen molar-refractivity contribution < 1.29 is 34.6 Å². The highest BCUT2D eigenvalue weighted by Crippen LogP contribution is 2.27. The summed E-state index contributed by atoms with van der Waals surface area (Å²) >= 11 is 0. The zero-order valence-corrected chi connectivity index (χ0v) is 16.7. The Balaban J connectivity index is 0.000000283. The first-order chi connectivity index (χ1) is 13.5. The molecule has 0 radical (unpaired) electrons. The van der Waals surface area contributed by atoms with Gasteiger partial charge >= 0.3 is 5.97 Å². The molecule has 0 aliphatic carbocycles. The number of methoxy groups -OCH3 is 2. The molecule has 0 atom stereocenters. The van der Waals surface area contributed by atoms with Crippen molar-refractivity contribution in [3.8, 4) is 11.5 Å². The molecule has 0 saturated carbocycles. The van der Waals surface area contributed by atoms with Gasteiger partial charge in [-0.15, -0.1) is 10.2 Å². The van der Waals surface area contributed by atoms with Gasteiger partial charge in [0.25, 0.3) is 0 Å². The van der Waals surface area contributed by atoms with Gasteiger partial charge in [-0.25, -0.2) is 4.79 Å². The lowest BCUT2D eigenvalue weighted by molar-refractivity contribution is -0.366. The van der Waals surface area contributed by atoms with E-state index in [0.717, 1.165) is 24.5 Å². The fourth-order valence-electron chi connectivity index (χ4n) is 2.14. The van der Waals surface area contributed by atoms with Gasteiger partial charge in [0.1, 0.15) is 5.70 Å². The molecule has 0 aromatic heterocycles. The third kappa shape index (κ3) is 6.92. The molecule has 2 rings (SSSR count). The minimum absolute atomic E-state index is 0.0138. The van der Waals surface area contributed by atoms with Crippen LogP contribution in [-0.4, -0.2) is 39.9 Å². The first-order valence-corrected chi connectivity index (χ1v) is 8.85. The Morgan fingerprint density at radius 1 is 1.07 bits per heavy atom. The number of nitrogens with zero attached hydrogens (tertiary/aromatic N) is 2. The Morgan fingerprint density at radius 2 is 1.75 bits per heavy atom. The van der Waals surface area contributed by atoms with Crippen LogP contribution >= 0.6 is 0 Å². The molecule has 9 heteroatoms. The van der Waals surface area contributed by atoms with Gasteiger partial charge in [-0.2, -0.15) is 0 Å². The van der Waals surface area contributed by atoms with Crippen molar-refractivity contribution >= 4 is 5.97 Å². The van der Waals surface area contributed by atoms with Crippen LogP contribution < -0.4 is 20.3 Å². The van der Waals surface area contributed by atoms with Gasteiger partial charge in [0.15, 0.2) is 17.2 Å². The maximum atomic E-state index is 11.2. The largest absolute Gasteiger partial charge is 0.612 e. The van der Waals surface area contributed by atoms with E-state index in [4.69, 9.17) is 9.47 Å². The quantitative estimate of drug-likeness (QED) is 0.517. The molecular weight excluding hydrogens is 366 g/mol. The van der Waals surface area contributed by atoms with Crippen LogP contribution in [0.5, 0.6) is 11.5 Å². The van der Waals surface area contributed by atoms with Crippen LogP contribution in [0.2, 0.25) is 0 Å². The molecule has 0 spiro atoms. The number of quaternary nitrogens is 1. The number of esters is 1. The summed E-state index contributed by atoms with van der Waals surface area (Å²) in [7, 11) is 3.28. The van der Waals surface area contributed by atoms with Crippen molar-refractivity contribution in [3.63, 3.8) is 0 Å². The van der Waals surface area contributed by atoms with E-state index < -0.39 is 11.9 Å². The van der Waals surface area contributed by atoms with E-state index in [9.17, 15) is 9.90 Å². The number of carbonyl (C=O) groups is 1. The van der Waals surface area contributed by atoms with E-state index in [1.54, 1.807) is 28.1 Å². The van der Waals surface area contributed by atoms with Crippen LogP contribution in [-0.2, 0) is 20.7 Å². The Kier molecular flexibility index (Phi) is 10.1. The summed E-state index contributed by atoms with van der Waals surface area (Å²) in [6.45, 7) is 4.76. The summed E-state index contributed by atoms with van der Waals surface area (Å²) in [5, 5.41) is 18.2. The number of benzene rings is 1. The third-order valence-corrected chi connectivity index (χ3v) is 3.42. The molecule has 1 aliphatic heterocycles. The fourth-order valence-corrected chi connectivity index (χ4v) is 2.14. The maximum absolute atomic E-state index is 11.2. The number of hydrogen-bond acceptors (Lipinski definition) is 8. The number of rotatable bonds is 8. The monoisotopic (exact) mass is 393 g/mol. The molecule has 0 amide bonds. The maximum Gasteiger partial charge on any atom is 0.358 e. The number of azo groups is 1. The van der Waals surface area contributed by atoms with E-state index in [1.165, 1.54) is 11.6 Å². The number of ether oxygens (including phenoxy) is 4. The Hall–Kier alpha value is -3.07. The Labute approximate surface area is 164 Å². The molecule has 1 heterocycles. The summed E-state index contributed by atoms with van der Waals surface area (Å²) in [6.07, 6.45) is 2.22. The van der Waals surface area contributed by atoms with Crippen LogP contribution in [0, 0.1) is 0 Å². The second kappa shape index (κ2) is 12.3. The van der Waals surface area contributed by atoms with Gasteiger partial charge in [-0.3, -0.25) is 0 Å². The Bertz CT molecular complexity index is 743. The highest BCUT2D eigenvalue weighted by molar-refractivity contribution is 5.89. The van der Waals surface area contributed by atoms with Crippen LogP contribution in [0.4, 0.5) is 0 Å². The van der Waals surface area contributed by atoms with E-state index in [1.807, 2.05) is 18.2 Å². The predicted octanol–water partition coefficient (Wildman–Crippen LogP) is 0.953. The first-order valence-electron chi connectivity index (χ1n) is 8.85. The molecule has 28 heavy (non-hydrogen) atoms. The lowest BCUT2D eigenvalue weighted by atomic mass is 10.1. The summed E-state index contributed by atoms with van der Waals surface area (Å²) in [5.74, 6) is 0.366. The van der Waals surface area contributed by atoms with Crippen LogP contribution in [0.15, 0.2) is 51.8 Å². The highest BCUT2D eigenvalue weighted by Gasteiger charge is 2.16. The molecular formula is C19H27N3O6. The van der Waals surface area contributed by atoms with Crippen LogP contribution in [0.25, 0.3) is 0 Å². The van der Waals surface area contributed by atoms with Gasteiger partial charge in [0, 0.05) is 12.5 Å². The highest BCUT2D eigenvalue weighted by atomic mass is 16.6. The van der Waals surface area contributed by atoms with Gasteiger partial charge in [-0.05, 0) is 31.2 Å². The number of allylic oxidation sites excluding steroid dienone is 1. The smallest absolute Gasteiger partial charge is 0.358 e. The molecule has 0 bridgehead atoms. The Morgan fingerprint density at radius 3 is 2.32 bits per heavy atom. The molecule has 1 aromatic rings. The normalized spacial score (nSPS) is 13.8. The van der Waals surface area contributed by atoms with Crippen molar-refractivity contribution in [2.24, 2.45) is 10.2 Å². The second-order valence-electron chi connectivity index (χ2n) is 5.35. The van der Waals surface area contributed by atoms with E-state index >= 15 is 0 Å². The lowest BCUT2D eigenvalue weighted by Crippen LogP contribution is -2.51. The first kappa shape index (κ1) is 23.0. The summed E-state index contributed by atoms with van der Waals surface area (Å²) in [5.41, 5.74) is 5.06. The van der Waals surface area contributed by atoms with Gasteiger partial charge in [-0.1, -0.05) is 13.0 Å². The predicted molar refractivity (Wildman–Crippen MR) is 99.2 cm³/mol. The third-order valence-electron chi connectivity index (χ3n) is 3.42. The average molecular weight is 393 g/mol. The molecule has 9 nitrogen and oxygen atoms in total. The molecule has 0 saturated heterocycles.